The molecule has 0 aromatic heterocycles. The Morgan fingerprint density at radius 1 is 1.19 bits per heavy atom. The summed E-state index contributed by atoms with van der Waals surface area (Å²) in [5, 5.41) is 2.72. The van der Waals surface area contributed by atoms with Gasteiger partial charge >= 0.3 is 6.03 Å². The molecule has 152 valence electrons. The average molecular weight is 380 g/mol. The first-order valence-electron chi connectivity index (χ1n) is 9.87. The second-order valence-electron chi connectivity index (χ2n) is 7.76. The molecule has 0 aromatic carbocycles. The fourth-order valence-corrected chi connectivity index (χ4v) is 4.14. The molecule has 0 aromatic rings. The van der Waals surface area contributed by atoms with Crippen molar-refractivity contribution in [2.45, 2.75) is 65.6 Å². The van der Waals surface area contributed by atoms with Crippen LogP contribution in [0.2, 0.25) is 0 Å². The number of hydrogen-bond acceptors (Lipinski definition) is 4. The first-order chi connectivity index (χ1) is 12.7. The minimum Gasteiger partial charge on any atom is -0.345 e. The molecular formula is C19H32N4O4. The highest BCUT2D eigenvalue weighted by Crippen LogP contribution is 2.31. The molecule has 27 heavy (non-hydrogen) atoms. The number of fused-ring (bicyclic) bond motifs is 1. The summed E-state index contributed by atoms with van der Waals surface area (Å²) in [4.78, 5) is 54.9. The van der Waals surface area contributed by atoms with E-state index in [1.54, 1.807) is 14.7 Å². The standard InChI is InChI=1S/C19H32N4O4/c1-6-21(7-2)19(27)22-9-8-15-17(22)16(25)11-23(15)18(26)14(10-12(3)4)20-13(5)24/h12,14-15,17H,6-11H2,1-5H3,(H,20,24)/t14-,15+,17-/m0/s1. The van der Waals surface area contributed by atoms with Crippen molar-refractivity contribution in [1.29, 1.82) is 0 Å². The van der Waals surface area contributed by atoms with Crippen molar-refractivity contribution in [2.75, 3.05) is 26.2 Å². The van der Waals surface area contributed by atoms with Crippen LogP contribution in [0.25, 0.3) is 0 Å². The highest BCUT2D eigenvalue weighted by atomic mass is 16.2. The molecule has 2 rings (SSSR count). The monoisotopic (exact) mass is 380 g/mol. The van der Waals surface area contributed by atoms with Crippen LogP contribution in [-0.2, 0) is 14.4 Å². The molecule has 0 bridgehead atoms. The molecule has 0 aliphatic carbocycles. The number of rotatable bonds is 6. The summed E-state index contributed by atoms with van der Waals surface area (Å²) >= 11 is 0. The minimum atomic E-state index is -0.637. The van der Waals surface area contributed by atoms with Gasteiger partial charge in [-0.2, -0.15) is 0 Å². The topological polar surface area (TPSA) is 90.0 Å². The van der Waals surface area contributed by atoms with Crippen LogP contribution >= 0.6 is 0 Å². The number of carbonyl (C=O) groups is 4. The number of Topliss-reactive ketones (excluding diaryl/α,β-unsaturated/α-hetero) is 1. The van der Waals surface area contributed by atoms with Crippen molar-refractivity contribution < 1.29 is 19.2 Å². The summed E-state index contributed by atoms with van der Waals surface area (Å²) in [6.07, 6.45) is 1.10. The first-order valence-corrected chi connectivity index (χ1v) is 9.87. The van der Waals surface area contributed by atoms with Crippen LogP contribution in [0.3, 0.4) is 0 Å². The van der Waals surface area contributed by atoms with Crippen molar-refractivity contribution in [2.24, 2.45) is 5.92 Å². The van der Waals surface area contributed by atoms with E-state index >= 15 is 0 Å². The van der Waals surface area contributed by atoms with Gasteiger partial charge in [-0.3, -0.25) is 14.4 Å². The van der Waals surface area contributed by atoms with E-state index in [4.69, 9.17) is 0 Å². The summed E-state index contributed by atoms with van der Waals surface area (Å²) < 4.78 is 0. The Balaban J connectivity index is 2.17. The number of carbonyl (C=O) groups excluding carboxylic acids is 4. The van der Waals surface area contributed by atoms with Crippen LogP contribution in [0, 0.1) is 5.92 Å². The Morgan fingerprint density at radius 2 is 1.81 bits per heavy atom. The second kappa shape index (κ2) is 8.71. The Bertz CT molecular complexity index is 603. The minimum absolute atomic E-state index is 0.00434. The zero-order valence-corrected chi connectivity index (χ0v) is 17.0. The van der Waals surface area contributed by atoms with Gasteiger partial charge in [0.1, 0.15) is 12.1 Å². The lowest BCUT2D eigenvalue weighted by Gasteiger charge is -2.30. The number of ketones is 1. The van der Waals surface area contributed by atoms with E-state index in [9.17, 15) is 19.2 Å². The maximum absolute atomic E-state index is 13.1. The molecule has 2 saturated heterocycles. The van der Waals surface area contributed by atoms with Crippen LogP contribution in [-0.4, -0.2) is 82.6 Å². The van der Waals surface area contributed by atoms with E-state index in [1.165, 1.54) is 6.92 Å². The zero-order chi connectivity index (χ0) is 20.3. The molecule has 0 radical (unpaired) electrons. The van der Waals surface area contributed by atoms with E-state index in [0.29, 0.717) is 32.5 Å². The van der Waals surface area contributed by atoms with Crippen LogP contribution in [0.5, 0.6) is 0 Å². The van der Waals surface area contributed by atoms with Crippen molar-refractivity contribution in [1.82, 2.24) is 20.0 Å². The SMILES string of the molecule is CCN(CC)C(=O)N1CC[C@@H]2[C@H]1C(=O)CN2C(=O)[C@H](CC(C)C)NC(C)=O. The molecular weight excluding hydrogens is 348 g/mol. The Kier molecular flexibility index (Phi) is 6.84. The van der Waals surface area contributed by atoms with Gasteiger partial charge in [0.25, 0.3) is 0 Å². The molecule has 0 spiro atoms. The van der Waals surface area contributed by atoms with Gasteiger partial charge < -0.3 is 20.0 Å². The molecule has 4 amide bonds. The van der Waals surface area contributed by atoms with Crippen molar-refractivity contribution in [3.63, 3.8) is 0 Å². The van der Waals surface area contributed by atoms with Crippen LogP contribution in [0.1, 0.15) is 47.5 Å². The third-order valence-corrected chi connectivity index (χ3v) is 5.37. The number of nitrogens with one attached hydrogen (secondary N) is 1. The average Bonchev–Trinajstić information content (AvgIpc) is 3.15. The molecule has 2 heterocycles. The van der Waals surface area contributed by atoms with E-state index in [0.717, 1.165) is 0 Å². The maximum Gasteiger partial charge on any atom is 0.320 e. The molecule has 2 aliphatic rings. The number of hydrogen-bond donors (Lipinski definition) is 1. The third-order valence-electron chi connectivity index (χ3n) is 5.37. The molecule has 3 atom stereocenters. The van der Waals surface area contributed by atoms with Gasteiger partial charge in [-0.1, -0.05) is 13.8 Å². The van der Waals surface area contributed by atoms with Crippen LogP contribution in [0.15, 0.2) is 0 Å². The lowest BCUT2D eigenvalue weighted by molar-refractivity contribution is -0.137. The van der Waals surface area contributed by atoms with E-state index in [-0.39, 0.29) is 42.1 Å². The predicted octanol–water partition coefficient (Wildman–Crippen LogP) is 0.853. The van der Waals surface area contributed by atoms with E-state index < -0.39 is 12.1 Å². The Hall–Kier alpha value is -2.12. The molecule has 8 nitrogen and oxygen atoms in total. The Labute approximate surface area is 161 Å². The van der Waals surface area contributed by atoms with Gasteiger partial charge in [0.05, 0.1) is 12.6 Å². The first kappa shape index (κ1) is 21.2. The summed E-state index contributed by atoms with van der Waals surface area (Å²) in [6.45, 7) is 10.8. The molecule has 8 heteroatoms. The van der Waals surface area contributed by atoms with Crippen molar-refractivity contribution >= 4 is 23.6 Å². The van der Waals surface area contributed by atoms with Gasteiger partial charge in [0.2, 0.25) is 11.8 Å². The molecule has 1 N–H and O–H groups in total. The molecule has 0 unspecified atom stereocenters. The lowest BCUT2D eigenvalue weighted by atomic mass is 10.0. The summed E-state index contributed by atoms with van der Waals surface area (Å²) in [6, 6.07) is -1.65. The zero-order valence-electron chi connectivity index (χ0n) is 17.0. The fraction of sp³-hybridized carbons (Fsp3) is 0.789. The summed E-state index contributed by atoms with van der Waals surface area (Å²) in [5.74, 6) is -0.362. The van der Waals surface area contributed by atoms with Gasteiger partial charge in [0, 0.05) is 26.6 Å². The highest BCUT2D eigenvalue weighted by molar-refractivity contribution is 5.99. The second-order valence-corrected chi connectivity index (χ2v) is 7.76. The van der Waals surface area contributed by atoms with Crippen molar-refractivity contribution in [3.8, 4) is 0 Å². The fourth-order valence-electron chi connectivity index (χ4n) is 4.14. The molecule has 2 fully saturated rings. The molecule has 0 saturated carbocycles. The van der Waals surface area contributed by atoms with Gasteiger partial charge in [-0.25, -0.2) is 4.79 Å². The normalized spacial score (nSPS) is 22.8. The summed E-state index contributed by atoms with van der Waals surface area (Å²) in [5.41, 5.74) is 0. The number of nitrogens with zero attached hydrogens (tertiary/aromatic N) is 3. The van der Waals surface area contributed by atoms with Gasteiger partial charge in [-0.15, -0.1) is 0 Å². The summed E-state index contributed by atoms with van der Waals surface area (Å²) in [7, 11) is 0. The largest absolute Gasteiger partial charge is 0.345 e. The number of likely N-dealkylation sites (tertiary alicyclic amines) is 2. The maximum atomic E-state index is 13.1. The number of amides is 4. The predicted molar refractivity (Wildman–Crippen MR) is 101 cm³/mol. The molecule has 2 aliphatic heterocycles. The Morgan fingerprint density at radius 3 is 2.33 bits per heavy atom. The third kappa shape index (κ3) is 4.42. The quantitative estimate of drug-likeness (QED) is 0.740. The smallest absolute Gasteiger partial charge is 0.320 e. The van der Waals surface area contributed by atoms with Crippen LogP contribution in [0.4, 0.5) is 4.79 Å². The number of urea groups is 1. The lowest BCUT2D eigenvalue weighted by Crippen LogP contribution is -2.52. The van der Waals surface area contributed by atoms with E-state index in [2.05, 4.69) is 5.32 Å². The van der Waals surface area contributed by atoms with Gasteiger partial charge in [-0.05, 0) is 32.6 Å². The van der Waals surface area contributed by atoms with Crippen molar-refractivity contribution in [3.05, 3.63) is 0 Å². The van der Waals surface area contributed by atoms with E-state index in [1.807, 2.05) is 27.7 Å². The van der Waals surface area contributed by atoms with Crippen LogP contribution < -0.4 is 5.32 Å². The van der Waals surface area contributed by atoms with Gasteiger partial charge in [0.15, 0.2) is 5.78 Å². The highest BCUT2D eigenvalue weighted by Gasteiger charge is 2.52.